The van der Waals surface area contributed by atoms with Gasteiger partial charge in [-0.15, -0.1) is 13.2 Å². The molecular formula is C52H64Br4. The third-order valence-electron chi connectivity index (χ3n) is 12.5. The minimum Gasteiger partial charge on any atom is -0.103 e. The normalized spacial score (nSPS) is 14.0. The van der Waals surface area contributed by atoms with Crippen LogP contribution in [0.1, 0.15) is 165 Å². The molecule has 0 aliphatic heterocycles. The topological polar surface area (TPSA) is 0 Å². The molecule has 0 N–H and O–H groups in total. The second kappa shape index (κ2) is 22.6. The number of hydrogen-bond acceptors (Lipinski definition) is 0. The fraction of sp³-hybridized carbons (Fsp3) is 0.462. The monoisotopic (exact) mass is 1000 g/mol. The van der Waals surface area contributed by atoms with Gasteiger partial charge in [0.05, 0.1) is 0 Å². The maximum Gasteiger partial charge on any atom is 0.0216 e. The van der Waals surface area contributed by atoms with Crippen molar-refractivity contribution in [2.45, 2.75) is 153 Å². The summed E-state index contributed by atoms with van der Waals surface area (Å²) in [7, 11) is 0. The predicted octanol–water partition coefficient (Wildman–Crippen LogP) is 19.2. The summed E-state index contributed by atoms with van der Waals surface area (Å²) >= 11 is 15.0. The molecule has 300 valence electrons. The number of allylic oxidation sites excluding steroid dienone is 2. The Morgan fingerprint density at radius 3 is 0.946 bits per heavy atom. The van der Waals surface area contributed by atoms with E-state index in [1.807, 2.05) is 12.2 Å². The Balaban J connectivity index is 0.000000219. The van der Waals surface area contributed by atoms with Crippen molar-refractivity contribution in [1.29, 1.82) is 0 Å². The lowest BCUT2D eigenvalue weighted by Crippen LogP contribution is -2.25. The van der Waals surface area contributed by atoms with Crippen molar-refractivity contribution in [3.63, 3.8) is 0 Å². The molecule has 0 atom stereocenters. The first-order valence-corrected chi connectivity index (χ1v) is 24.8. The number of rotatable bonds is 22. The lowest BCUT2D eigenvalue weighted by molar-refractivity contribution is 0.397. The molecule has 0 fully saturated rings. The van der Waals surface area contributed by atoms with Gasteiger partial charge in [0.15, 0.2) is 0 Å². The van der Waals surface area contributed by atoms with E-state index in [9.17, 15) is 0 Å². The van der Waals surface area contributed by atoms with Crippen LogP contribution in [-0.2, 0) is 10.8 Å². The second-order valence-corrected chi connectivity index (χ2v) is 20.0. The quantitative estimate of drug-likeness (QED) is 0.0544. The second-order valence-electron chi connectivity index (χ2n) is 16.3. The van der Waals surface area contributed by atoms with Gasteiger partial charge >= 0.3 is 0 Å². The first-order valence-electron chi connectivity index (χ1n) is 21.7. The molecule has 0 spiro atoms. The number of fused-ring (bicyclic) bond motifs is 6. The van der Waals surface area contributed by atoms with Gasteiger partial charge in [0, 0.05) is 28.7 Å². The number of unbranched alkanes of at least 4 members (excludes halogenated alkanes) is 12. The van der Waals surface area contributed by atoms with E-state index < -0.39 is 0 Å². The van der Waals surface area contributed by atoms with Crippen molar-refractivity contribution in [2.75, 3.05) is 0 Å². The van der Waals surface area contributed by atoms with E-state index >= 15 is 0 Å². The fourth-order valence-electron chi connectivity index (χ4n) is 9.72. The summed E-state index contributed by atoms with van der Waals surface area (Å²) in [6.45, 7) is 12.4. The number of benzene rings is 4. The van der Waals surface area contributed by atoms with Crippen molar-refractivity contribution in [2.24, 2.45) is 0 Å². The summed E-state index contributed by atoms with van der Waals surface area (Å²) in [5.41, 5.74) is 12.1. The van der Waals surface area contributed by atoms with Crippen LogP contribution in [0.3, 0.4) is 0 Å². The van der Waals surface area contributed by atoms with Crippen molar-refractivity contribution >= 4 is 63.7 Å². The van der Waals surface area contributed by atoms with E-state index in [1.54, 1.807) is 11.1 Å². The molecule has 0 aromatic heterocycles. The summed E-state index contributed by atoms with van der Waals surface area (Å²) in [6, 6.07) is 27.5. The molecule has 0 saturated heterocycles. The molecule has 0 radical (unpaired) electrons. The molecule has 2 aliphatic rings. The number of hydrogen-bond donors (Lipinski definition) is 0. The zero-order valence-corrected chi connectivity index (χ0v) is 40.5. The molecule has 0 nitrogen and oxygen atoms in total. The third-order valence-corrected chi connectivity index (χ3v) is 14.5. The molecule has 56 heavy (non-hydrogen) atoms. The minimum atomic E-state index is 0.0875. The average molecular weight is 1010 g/mol. The first-order chi connectivity index (χ1) is 27.2. The molecule has 4 aromatic carbocycles. The molecular weight excluding hydrogens is 944 g/mol. The highest BCUT2D eigenvalue weighted by molar-refractivity contribution is 9.11. The van der Waals surface area contributed by atoms with E-state index in [1.165, 1.54) is 132 Å². The van der Waals surface area contributed by atoms with Crippen LogP contribution < -0.4 is 0 Å². The van der Waals surface area contributed by atoms with Crippen LogP contribution in [0.15, 0.2) is 116 Å². The van der Waals surface area contributed by atoms with E-state index in [-0.39, 0.29) is 10.8 Å². The third kappa shape index (κ3) is 10.9. The van der Waals surface area contributed by atoms with Crippen LogP contribution in [0.2, 0.25) is 0 Å². The Morgan fingerprint density at radius 1 is 0.393 bits per heavy atom. The van der Waals surface area contributed by atoms with Crippen molar-refractivity contribution in [1.82, 2.24) is 0 Å². The summed E-state index contributed by atoms with van der Waals surface area (Å²) < 4.78 is 4.76. The average Bonchev–Trinajstić information content (AvgIpc) is 3.59. The highest BCUT2D eigenvalue weighted by Crippen LogP contribution is 2.56. The van der Waals surface area contributed by atoms with Gasteiger partial charge in [-0.25, -0.2) is 0 Å². The van der Waals surface area contributed by atoms with Gasteiger partial charge in [-0.3, -0.25) is 0 Å². The summed E-state index contributed by atoms with van der Waals surface area (Å²) in [6.07, 6.45) is 29.8. The summed E-state index contributed by atoms with van der Waals surface area (Å²) in [5.74, 6) is 0. The Kier molecular flexibility index (Phi) is 18.3. The molecule has 0 amide bonds. The van der Waals surface area contributed by atoms with E-state index in [4.69, 9.17) is 0 Å². The first kappa shape index (κ1) is 45.4. The highest BCUT2D eigenvalue weighted by atomic mass is 79.9. The van der Waals surface area contributed by atoms with E-state index in [0.717, 1.165) is 47.5 Å². The zero-order chi connectivity index (χ0) is 40.0. The van der Waals surface area contributed by atoms with Crippen LogP contribution in [0, 0.1) is 0 Å². The van der Waals surface area contributed by atoms with E-state index in [2.05, 4.69) is 164 Å². The maximum atomic E-state index is 3.91. The lowest BCUT2D eigenvalue weighted by Gasteiger charge is -2.33. The fourth-order valence-corrected chi connectivity index (χ4v) is 11.2. The maximum absolute atomic E-state index is 3.91. The Hall–Kier alpha value is -1.72. The summed E-state index contributed by atoms with van der Waals surface area (Å²) in [5, 5.41) is 0. The SMILES string of the molecule is C=CCCCC1(CCCC=C)c2cc(Br)ccc2-c2ccc(Br)cc21.CCCCCCCCC1(CCCCCCCC)c2cc(Br)ccc2-c2ccc(Br)cc21. The molecule has 0 heterocycles. The molecule has 0 bridgehead atoms. The molecule has 4 heteroatoms. The van der Waals surface area contributed by atoms with Crippen molar-refractivity contribution < 1.29 is 0 Å². The van der Waals surface area contributed by atoms with Gasteiger partial charge in [-0.1, -0.05) is 191 Å². The van der Waals surface area contributed by atoms with Gasteiger partial charge in [-0.2, -0.15) is 0 Å². The largest absolute Gasteiger partial charge is 0.103 e. The van der Waals surface area contributed by atoms with Gasteiger partial charge < -0.3 is 0 Å². The van der Waals surface area contributed by atoms with Crippen molar-refractivity contribution in [3.05, 3.63) is 138 Å². The molecule has 0 saturated carbocycles. The highest BCUT2D eigenvalue weighted by Gasteiger charge is 2.43. The standard InChI is InChI=1S/C29H40Br2.C23H24Br2/c1-3-5-7-9-11-13-19-29(20-14-12-10-8-6-4-2)27-21-23(30)15-17-25(27)26-18-16-24(31)22-28(26)29;1-3-5-7-13-23(14-8-6-4-2)21-15-17(24)9-11-19(21)20-12-10-18(25)16-22(20)23/h15-18,21-22H,3-14,19-20H2,1-2H3;3-4,9-12,15-16H,1-2,5-8,13-14H2. The Morgan fingerprint density at radius 2 is 0.661 bits per heavy atom. The number of halogens is 4. The predicted molar refractivity (Wildman–Crippen MR) is 260 cm³/mol. The van der Waals surface area contributed by atoms with Gasteiger partial charge in [0.1, 0.15) is 0 Å². The van der Waals surface area contributed by atoms with Gasteiger partial charge in [-0.05, 0) is 144 Å². The summed E-state index contributed by atoms with van der Waals surface area (Å²) in [4.78, 5) is 0. The molecule has 6 rings (SSSR count). The lowest BCUT2D eigenvalue weighted by atomic mass is 9.70. The van der Waals surface area contributed by atoms with Crippen LogP contribution in [-0.4, -0.2) is 0 Å². The van der Waals surface area contributed by atoms with Crippen LogP contribution >= 0.6 is 63.7 Å². The van der Waals surface area contributed by atoms with Crippen molar-refractivity contribution in [3.8, 4) is 22.3 Å². The van der Waals surface area contributed by atoms with Crippen LogP contribution in [0.5, 0.6) is 0 Å². The zero-order valence-electron chi connectivity index (χ0n) is 34.2. The molecule has 4 aromatic rings. The van der Waals surface area contributed by atoms with E-state index in [0.29, 0.717) is 0 Å². The Bertz CT molecular complexity index is 1750. The minimum absolute atomic E-state index is 0.0875. The van der Waals surface area contributed by atoms with Gasteiger partial charge in [0.2, 0.25) is 0 Å². The van der Waals surface area contributed by atoms with Gasteiger partial charge in [0.25, 0.3) is 0 Å². The van der Waals surface area contributed by atoms with Crippen LogP contribution in [0.25, 0.3) is 22.3 Å². The molecule has 0 unspecified atom stereocenters. The Labute approximate surface area is 374 Å². The molecule has 2 aliphatic carbocycles. The smallest absolute Gasteiger partial charge is 0.0216 e. The van der Waals surface area contributed by atoms with Crippen LogP contribution in [0.4, 0.5) is 0 Å².